The highest BCUT2D eigenvalue weighted by Crippen LogP contribution is 2.24. The summed E-state index contributed by atoms with van der Waals surface area (Å²) in [7, 11) is 0. The third-order valence-electron chi connectivity index (χ3n) is 3.92. The minimum atomic E-state index is -0.668. The number of carbonyl (C=O) groups is 2. The lowest BCUT2D eigenvalue weighted by Crippen LogP contribution is -2.40. The van der Waals surface area contributed by atoms with Gasteiger partial charge in [0.2, 0.25) is 5.91 Å². The van der Waals surface area contributed by atoms with Gasteiger partial charge >= 0.3 is 0 Å². The van der Waals surface area contributed by atoms with Gasteiger partial charge in [-0.2, -0.15) is 5.10 Å². The van der Waals surface area contributed by atoms with Crippen molar-refractivity contribution in [2.24, 2.45) is 10.8 Å². The Kier molecular flexibility index (Phi) is 5.48. The topological polar surface area (TPSA) is 97.0 Å². The molecule has 0 aliphatic carbocycles. The first-order chi connectivity index (χ1) is 12.6. The van der Waals surface area contributed by atoms with Gasteiger partial charge in [0, 0.05) is 6.42 Å². The van der Waals surface area contributed by atoms with Gasteiger partial charge < -0.3 is 15.8 Å². The maximum absolute atomic E-state index is 12.3. The molecule has 0 radical (unpaired) electrons. The fourth-order valence-electron chi connectivity index (χ4n) is 2.64. The predicted molar refractivity (Wildman–Crippen MR) is 98.9 cm³/mol. The van der Waals surface area contributed by atoms with E-state index in [-0.39, 0.29) is 18.0 Å². The first kappa shape index (κ1) is 17.5. The lowest BCUT2D eigenvalue weighted by molar-refractivity contribution is -0.119. The number of hydrazone groups is 1. The predicted octanol–water partition coefficient (Wildman–Crippen LogP) is 1.30. The fraction of sp³-hybridized carbons (Fsp3) is 0.211. The summed E-state index contributed by atoms with van der Waals surface area (Å²) in [6.45, 7) is 0.671. The van der Waals surface area contributed by atoms with Gasteiger partial charge in [-0.25, -0.2) is 0 Å². The van der Waals surface area contributed by atoms with Crippen LogP contribution in [0.25, 0.3) is 0 Å². The van der Waals surface area contributed by atoms with E-state index in [1.54, 1.807) is 0 Å². The van der Waals surface area contributed by atoms with Crippen LogP contribution in [0.2, 0.25) is 0 Å². The Morgan fingerprint density at radius 1 is 1.12 bits per heavy atom. The largest absolute Gasteiger partial charge is 0.492 e. The average molecular weight is 352 g/mol. The van der Waals surface area contributed by atoms with Crippen molar-refractivity contribution in [2.45, 2.75) is 12.5 Å². The standard InChI is InChI=1S/C19H20N4O3/c20-18(24)17-13-16(22-23(17)14-7-3-1-4-8-14)19(25)21-11-12-26-15-9-5-2-6-10-15/h1-10,17H,11-13H2,(H2,20,24)(H,21,25)/t17-/m0/s1. The van der Waals surface area contributed by atoms with E-state index in [0.29, 0.717) is 18.8 Å². The van der Waals surface area contributed by atoms with Gasteiger partial charge in [0.25, 0.3) is 5.91 Å². The molecular weight excluding hydrogens is 332 g/mol. The molecule has 1 heterocycles. The van der Waals surface area contributed by atoms with Crippen molar-refractivity contribution in [2.75, 3.05) is 18.2 Å². The number of hydrogen-bond acceptors (Lipinski definition) is 5. The number of rotatable bonds is 7. The molecule has 3 N–H and O–H groups in total. The third-order valence-corrected chi connectivity index (χ3v) is 3.92. The number of primary amides is 1. The highest BCUT2D eigenvalue weighted by atomic mass is 16.5. The summed E-state index contributed by atoms with van der Waals surface area (Å²) in [5.74, 6) is -0.108. The summed E-state index contributed by atoms with van der Waals surface area (Å²) in [5, 5.41) is 8.54. The Bertz CT molecular complexity index is 793. The van der Waals surface area contributed by atoms with Crippen LogP contribution in [0.15, 0.2) is 65.8 Å². The van der Waals surface area contributed by atoms with Crippen molar-refractivity contribution in [3.8, 4) is 5.75 Å². The number of benzene rings is 2. The molecule has 0 spiro atoms. The smallest absolute Gasteiger partial charge is 0.267 e. The zero-order chi connectivity index (χ0) is 18.4. The van der Waals surface area contributed by atoms with Crippen LogP contribution in [-0.4, -0.2) is 36.7 Å². The number of nitrogens with two attached hydrogens (primary N) is 1. The fourth-order valence-corrected chi connectivity index (χ4v) is 2.64. The van der Waals surface area contributed by atoms with E-state index in [0.717, 1.165) is 5.75 Å². The second-order valence-electron chi connectivity index (χ2n) is 5.77. The van der Waals surface area contributed by atoms with E-state index in [1.807, 2.05) is 60.7 Å². The average Bonchev–Trinajstić information content (AvgIpc) is 3.12. The second-order valence-corrected chi connectivity index (χ2v) is 5.77. The van der Waals surface area contributed by atoms with Gasteiger partial charge in [-0.3, -0.25) is 14.6 Å². The van der Waals surface area contributed by atoms with Crippen molar-refractivity contribution in [1.82, 2.24) is 5.32 Å². The quantitative estimate of drug-likeness (QED) is 0.734. The van der Waals surface area contributed by atoms with Crippen LogP contribution in [0.5, 0.6) is 5.75 Å². The zero-order valence-electron chi connectivity index (χ0n) is 14.2. The Morgan fingerprint density at radius 3 is 2.42 bits per heavy atom. The van der Waals surface area contributed by atoms with E-state index < -0.39 is 11.9 Å². The minimum absolute atomic E-state index is 0.176. The molecule has 0 aromatic heterocycles. The molecule has 2 amide bonds. The molecule has 3 rings (SSSR count). The molecule has 0 unspecified atom stereocenters. The number of anilines is 1. The number of amides is 2. The summed E-state index contributed by atoms with van der Waals surface area (Å²) < 4.78 is 5.53. The van der Waals surface area contributed by atoms with Gasteiger partial charge in [0.15, 0.2) is 0 Å². The van der Waals surface area contributed by atoms with Crippen LogP contribution in [0.1, 0.15) is 6.42 Å². The molecule has 1 atom stereocenters. The summed E-state index contributed by atoms with van der Waals surface area (Å²) >= 11 is 0. The number of ether oxygens (including phenoxy) is 1. The maximum Gasteiger partial charge on any atom is 0.267 e. The summed E-state index contributed by atoms with van der Waals surface area (Å²) in [6, 6.07) is 17.8. The highest BCUT2D eigenvalue weighted by molar-refractivity contribution is 6.40. The van der Waals surface area contributed by atoms with Crippen LogP contribution in [0.4, 0.5) is 5.69 Å². The van der Waals surface area contributed by atoms with Crippen molar-refractivity contribution < 1.29 is 14.3 Å². The number of nitrogens with one attached hydrogen (secondary N) is 1. The van der Waals surface area contributed by atoms with Gasteiger partial charge in [-0.05, 0) is 24.3 Å². The molecule has 1 aliphatic rings. The molecule has 0 saturated carbocycles. The first-order valence-corrected chi connectivity index (χ1v) is 8.32. The lowest BCUT2D eigenvalue weighted by Gasteiger charge is -2.20. The third kappa shape index (κ3) is 4.18. The molecule has 2 aromatic carbocycles. The van der Waals surface area contributed by atoms with Crippen molar-refractivity contribution in [3.63, 3.8) is 0 Å². The van der Waals surface area contributed by atoms with Gasteiger partial charge in [0.1, 0.15) is 24.1 Å². The Hall–Kier alpha value is -3.35. The van der Waals surface area contributed by atoms with Crippen molar-refractivity contribution >= 4 is 23.2 Å². The molecule has 1 aliphatic heterocycles. The molecule has 0 fully saturated rings. The number of hydrogen-bond donors (Lipinski definition) is 2. The normalized spacial score (nSPS) is 16.1. The lowest BCUT2D eigenvalue weighted by atomic mass is 10.1. The second kappa shape index (κ2) is 8.15. The van der Waals surface area contributed by atoms with Crippen molar-refractivity contribution in [3.05, 3.63) is 60.7 Å². The highest BCUT2D eigenvalue weighted by Gasteiger charge is 2.34. The molecule has 7 heteroatoms. The van der Waals surface area contributed by atoms with Crippen LogP contribution in [0, 0.1) is 0 Å². The van der Waals surface area contributed by atoms with Crippen LogP contribution in [-0.2, 0) is 9.59 Å². The summed E-state index contributed by atoms with van der Waals surface area (Å²) in [6.07, 6.45) is 0.176. The molecule has 0 saturated heterocycles. The molecule has 2 aromatic rings. The Labute approximate surface area is 151 Å². The van der Waals surface area contributed by atoms with E-state index in [2.05, 4.69) is 10.4 Å². The molecule has 134 valence electrons. The maximum atomic E-state index is 12.3. The SMILES string of the molecule is NC(=O)[C@@H]1CC(C(=O)NCCOc2ccccc2)=NN1c1ccccc1. The Morgan fingerprint density at radius 2 is 1.77 bits per heavy atom. The molecule has 26 heavy (non-hydrogen) atoms. The summed E-state index contributed by atoms with van der Waals surface area (Å²) in [5.41, 5.74) is 6.46. The molecule has 7 nitrogen and oxygen atoms in total. The van der Waals surface area contributed by atoms with Gasteiger partial charge in [-0.15, -0.1) is 0 Å². The van der Waals surface area contributed by atoms with Crippen molar-refractivity contribution in [1.29, 1.82) is 0 Å². The monoisotopic (exact) mass is 352 g/mol. The van der Waals surface area contributed by atoms with E-state index in [1.165, 1.54) is 5.01 Å². The number of nitrogens with zero attached hydrogens (tertiary/aromatic N) is 2. The van der Waals surface area contributed by atoms with E-state index in [4.69, 9.17) is 10.5 Å². The van der Waals surface area contributed by atoms with Gasteiger partial charge in [0.05, 0.1) is 12.2 Å². The van der Waals surface area contributed by atoms with Crippen LogP contribution in [0.3, 0.4) is 0 Å². The minimum Gasteiger partial charge on any atom is -0.492 e. The van der Waals surface area contributed by atoms with Crippen LogP contribution < -0.4 is 20.8 Å². The Balaban J connectivity index is 1.57. The zero-order valence-corrected chi connectivity index (χ0v) is 14.2. The number of carbonyl (C=O) groups excluding carboxylic acids is 2. The molecule has 0 bridgehead atoms. The van der Waals surface area contributed by atoms with Crippen LogP contribution >= 0.6 is 0 Å². The van der Waals surface area contributed by atoms with E-state index >= 15 is 0 Å². The first-order valence-electron chi connectivity index (χ1n) is 8.32. The number of para-hydroxylation sites is 2. The van der Waals surface area contributed by atoms with Gasteiger partial charge in [-0.1, -0.05) is 36.4 Å². The summed E-state index contributed by atoms with van der Waals surface area (Å²) in [4.78, 5) is 24.1. The van der Waals surface area contributed by atoms with E-state index in [9.17, 15) is 9.59 Å². The molecular formula is C19H20N4O3.